The van der Waals surface area contributed by atoms with E-state index in [1.165, 1.54) is 5.56 Å². The standard InChI is InChI=1S/C26H33N5O/c1-29(18-22-8-4-2-5-9-22)19-24-13-16-30(17-14-24)21-26(32)28-25-12-15-27-31(25)20-23-10-6-3-7-11-23/h2-12,15,24H,13-14,16-21H2,1H3,(H,28,32). The molecule has 0 bridgehead atoms. The van der Waals surface area contributed by atoms with Crippen molar-refractivity contribution in [3.63, 3.8) is 0 Å². The minimum Gasteiger partial charge on any atom is -0.310 e. The van der Waals surface area contributed by atoms with Gasteiger partial charge in [0.25, 0.3) is 0 Å². The van der Waals surface area contributed by atoms with Gasteiger partial charge in [-0.05, 0) is 50.0 Å². The van der Waals surface area contributed by atoms with Crippen molar-refractivity contribution in [1.29, 1.82) is 0 Å². The van der Waals surface area contributed by atoms with Gasteiger partial charge in [-0.15, -0.1) is 0 Å². The monoisotopic (exact) mass is 431 g/mol. The Balaban J connectivity index is 1.19. The van der Waals surface area contributed by atoms with Crippen LogP contribution in [0.1, 0.15) is 24.0 Å². The number of hydrogen-bond donors (Lipinski definition) is 1. The molecule has 0 unspecified atom stereocenters. The number of amides is 1. The van der Waals surface area contributed by atoms with Crippen LogP contribution in [0.2, 0.25) is 0 Å². The first-order chi connectivity index (χ1) is 15.7. The molecular formula is C26H33N5O. The molecule has 2 aromatic carbocycles. The highest BCUT2D eigenvalue weighted by Gasteiger charge is 2.22. The van der Waals surface area contributed by atoms with Crippen molar-refractivity contribution in [2.45, 2.75) is 25.9 Å². The van der Waals surface area contributed by atoms with Crippen molar-refractivity contribution >= 4 is 11.7 Å². The lowest BCUT2D eigenvalue weighted by Gasteiger charge is -2.33. The number of likely N-dealkylation sites (tertiary alicyclic amines) is 1. The third-order valence-corrected chi connectivity index (χ3v) is 6.10. The Kier molecular flexibility index (Phi) is 7.69. The van der Waals surface area contributed by atoms with Crippen LogP contribution in [0.3, 0.4) is 0 Å². The van der Waals surface area contributed by atoms with Gasteiger partial charge in [0, 0.05) is 19.2 Å². The molecule has 1 saturated heterocycles. The highest BCUT2D eigenvalue weighted by molar-refractivity contribution is 5.91. The molecule has 1 aliphatic heterocycles. The molecule has 6 heteroatoms. The number of hydrogen-bond acceptors (Lipinski definition) is 4. The van der Waals surface area contributed by atoms with Crippen molar-refractivity contribution in [3.8, 4) is 0 Å². The van der Waals surface area contributed by atoms with Gasteiger partial charge >= 0.3 is 0 Å². The second-order valence-corrected chi connectivity index (χ2v) is 8.81. The molecule has 168 valence electrons. The summed E-state index contributed by atoms with van der Waals surface area (Å²) in [7, 11) is 2.20. The van der Waals surface area contributed by atoms with Gasteiger partial charge in [0.2, 0.25) is 5.91 Å². The average molecular weight is 432 g/mol. The molecule has 0 radical (unpaired) electrons. The number of rotatable bonds is 9. The Morgan fingerprint density at radius 3 is 2.34 bits per heavy atom. The van der Waals surface area contributed by atoms with E-state index in [9.17, 15) is 4.79 Å². The number of anilines is 1. The lowest BCUT2D eigenvalue weighted by Crippen LogP contribution is -2.41. The Morgan fingerprint density at radius 1 is 1.00 bits per heavy atom. The van der Waals surface area contributed by atoms with Crippen LogP contribution in [-0.2, 0) is 17.9 Å². The van der Waals surface area contributed by atoms with E-state index in [-0.39, 0.29) is 5.91 Å². The molecule has 32 heavy (non-hydrogen) atoms. The molecule has 0 spiro atoms. The summed E-state index contributed by atoms with van der Waals surface area (Å²) >= 11 is 0. The first-order valence-electron chi connectivity index (χ1n) is 11.5. The molecular weight excluding hydrogens is 398 g/mol. The Labute approximate surface area is 190 Å². The normalized spacial score (nSPS) is 15.2. The van der Waals surface area contributed by atoms with Crippen LogP contribution in [0.4, 0.5) is 5.82 Å². The van der Waals surface area contributed by atoms with Crippen molar-refractivity contribution < 1.29 is 4.79 Å². The van der Waals surface area contributed by atoms with Gasteiger partial charge in [0.05, 0.1) is 19.3 Å². The number of nitrogens with zero attached hydrogens (tertiary/aromatic N) is 4. The van der Waals surface area contributed by atoms with E-state index in [0.717, 1.165) is 50.4 Å². The Bertz CT molecular complexity index is 964. The second-order valence-electron chi connectivity index (χ2n) is 8.81. The van der Waals surface area contributed by atoms with Crippen LogP contribution in [0, 0.1) is 5.92 Å². The van der Waals surface area contributed by atoms with Gasteiger partial charge < -0.3 is 10.2 Å². The van der Waals surface area contributed by atoms with Gasteiger partial charge in [0.1, 0.15) is 5.82 Å². The Morgan fingerprint density at radius 2 is 1.66 bits per heavy atom. The molecule has 3 aromatic rings. The van der Waals surface area contributed by atoms with Crippen LogP contribution in [0.5, 0.6) is 0 Å². The molecule has 1 amide bonds. The predicted molar refractivity (Wildman–Crippen MR) is 128 cm³/mol. The quantitative estimate of drug-likeness (QED) is 0.561. The minimum atomic E-state index is 0.0273. The first kappa shape index (κ1) is 22.2. The highest BCUT2D eigenvalue weighted by Crippen LogP contribution is 2.19. The van der Waals surface area contributed by atoms with E-state index in [2.05, 4.69) is 69.7 Å². The number of piperidine rings is 1. The summed E-state index contributed by atoms with van der Waals surface area (Å²) in [6, 6.07) is 22.6. The first-order valence-corrected chi connectivity index (χ1v) is 11.5. The van der Waals surface area contributed by atoms with Gasteiger partial charge in [-0.2, -0.15) is 5.10 Å². The molecule has 0 saturated carbocycles. The van der Waals surface area contributed by atoms with Crippen LogP contribution in [0.15, 0.2) is 72.9 Å². The summed E-state index contributed by atoms with van der Waals surface area (Å²) in [5.74, 6) is 1.46. The lowest BCUT2D eigenvalue weighted by molar-refractivity contribution is -0.117. The number of carbonyl (C=O) groups is 1. The summed E-state index contributed by atoms with van der Waals surface area (Å²) in [5.41, 5.74) is 2.52. The zero-order valence-electron chi connectivity index (χ0n) is 18.9. The largest absolute Gasteiger partial charge is 0.310 e. The fraction of sp³-hybridized carbons (Fsp3) is 0.385. The minimum absolute atomic E-state index is 0.0273. The van der Waals surface area contributed by atoms with E-state index in [1.54, 1.807) is 6.20 Å². The topological polar surface area (TPSA) is 53.4 Å². The molecule has 0 aliphatic carbocycles. The zero-order valence-corrected chi connectivity index (χ0v) is 18.9. The summed E-state index contributed by atoms with van der Waals surface area (Å²) in [6.07, 6.45) is 4.01. The van der Waals surface area contributed by atoms with Crippen LogP contribution < -0.4 is 5.32 Å². The maximum atomic E-state index is 12.6. The molecule has 1 N–H and O–H groups in total. The van der Waals surface area contributed by atoms with Crippen molar-refractivity contribution in [2.24, 2.45) is 5.92 Å². The van der Waals surface area contributed by atoms with E-state index in [1.807, 2.05) is 28.9 Å². The molecule has 2 heterocycles. The van der Waals surface area contributed by atoms with E-state index in [4.69, 9.17) is 0 Å². The summed E-state index contributed by atoms with van der Waals surface area (Å²) in [4.78, 5) is 17.3. The van der Waals surface area contributed by atoms with Crippen LogP contribution in [-0.4, -0.2) is 58.7 Å². The maximum absolute atomic E-state index is 12.6. The molecule has 0 atom stereocenters. The lowest BCUT2D eigenvalue weighted by atomic mass is 9.96. The number of aromatic nitrogens is 2. The van der Waals surface area contributed by atoms with Crippen molar-refractivity contribution in [1.82, 2.24) is 19.6 Å². The van der Waals surface area contributed by atoms with Gasteiger partial charge in [-0.1, -0.05) is 60.7 Å². The Hall–Kier alpha value is -2.96. The highest BCUT2D eigenvalue weighted by atomic mass is 16.2. The van der Waals surface area contributed by atoms with Gasteiger partial charge in [0.15, 0.2) is 0 Å². The summed E-state index contributed by atoms with van der Waals surface area (Å²) < 4.78 is 1.84. The van der Waals surface area contributed by atoms with E-state index >= 15 is 0 Å². The van der Waals surface area contributed by atoms with E-state index in [0.29, 0.717) is 19.0 Å². The second kappa shape index (κ2) is 11.1. The predicted octanol–water partition coefficient (Wildman–Crippen LogP) is 3.71. The SMILES string of the molecule is CN(Cc1ccccc1)CC1CCN(CC(=O)Nc2ccnn2Cc2ccccc2)CC1. The van der Waals surface area contributed by atoms with Gasteiger partial charge in [-0.25, -0.2) is 4.68 Å². The number of carbonyl (C=O) groups excluding carboxylic acids is 1. The summed E-state index contributed by atoms with van der Waals surface area (Å²) in [5, 5.41) is 7.40. The third-order valence-electron chi connectivity index (χ3n) is 6.10. The molecule has 1 aliphatic rings. The van der Waals surface area contributed by atoms with Gasteiger partial charge in [-0.3, -0.25) is 9.69 Å². The fourth-order valence-corrected chi connectivity index (χ4v) is 4.43. The van der Waals surface area contributed by atoms with Crippen molar-refractivity contribution in [2.75, 3.05) is 38.5 Å². The molecule has 6 nitrogen and oxygen atoms in total. The average Bonchev–Trinajstić information content (AvgIpc) is 3.22. The van der Waals surface area contributed by atoms with Crippen molar-refractivity contribution in [3.05, 3.63) is 84.1 Å². The smallest absolute Gasteiger partial charge is 0.239 e. The van der Waals surface area contributed by atoms with Crippen LogP contribution in [0.25, 0.3) is 0 Å². The van der Waals surface area contributed by atoms with E-state index < -0.39 is 0 Å². The number of benzene rings is 2. The van der Waals surface area contributed by atoms with Crippen LogP contribution >= 0.6 is 0 Å². The molecule has 1 fully saturated rings. The summed E-state index contributed by atoms with van der Waals surface area (Å²) in [6.45, 7) is 5.11. The molecule has 4 rings (SSSR count). The number of nitrogens with one attached hydrogen (secondary N) is 1. The third kappa shape index (κ3) is 6.52. The molecule has 1 aromatic heterocycles. The fourth-order valence-electron chi connectivity index (χ4n) is 4.43. The maximum Gasteiger partial charge on any atom is 0.239 e. The zero-order chi connectivity index (χ0) is 22.2.